The van der Waals surface area contributed by atoms with Gasteiger partial charge in [0.25, 0.3) is 0 Å². The normalized spacial score (nSPS) is 11.6. The maximum absolute atomic E-state index is 5.68. The van der Waals surface area contributed by atoms with Gasteiger partial charge in [-0.2, -0.15) is 0 Å². The van der Waals surface area contributed by atoms with E-state index in [0.29, 0.717) is 6.54 Å². The van der Waals surface area contributed by atoms with Gasteiger partial charge in [-0.1, -0.05) is 20.8 Å². The van der Waals surface area contributed by atoms with Crippen molar-refractivity contribution in [1.29, 1.82) is 0 Å². The lowest BCUT2D eigenvalue weighted by molar-refractivity contribution is 0.397. The monoisotopic (exact) mass is 275 g/mol. The van der Waals surface area contributed by atoms with Crippen LogP contribution in [0.4, 0.5) is 0 Å². The molecule has 102 valence electrons. The molecular weight excluding hydrogens is 254 g/mol. The van der Waals surface area contributed by atoms with Gasteiger partial charge < -0.3 is 10.5 Å². The lowest BCUT2D eigenvalue weighted by Crippen LogP contribution is -2.12. The molecule has 0 bridgehead atoms. The number of methoxy groups -OCH3 is 1. The Morgan fingerprint density at radius 1 is 1.16 bits per heavy atom. The zero-order valence-corrected chi connectivity index (χ0v) is 12.8. The number of ether oxygens (including phenoxy) is 1. The predicted octanol–water partition coefficient (Wildman–Crippen LogP) is 4.18. The topological polar surface area (TPSA) is 35.2 Å². The fraction of sp³-hybridized carbons (Fsp3) is 0.375. The number of rotatable bonds is 3. The van der Waals surface area contributed by atoms with Gasteiger partial charge in [-0.3, -0.25) is 0 Å². The van der Waals surface area contributed by atoms with Crippen LogP contribution in [0.2, 0.25) is 0 Å². The predicted molar refractivity (Wildman–Crippen MR) is 82.9 cm³/mol. The van der Waals surface area contributed by atoms with Crippen LogP contribution in [0.25, 0.3) is 10.4 Å². The summed E-state index contributed by atoms with van der Waals surface area (Å²) in [5, 5.41) is 0. The van der Waals surface area contributed by atoms with Crippen LogP contribution < -0.4 is 10.5 Å². The molecule has 0 spiro atoms. The number of benzene rings is 1. The van der Waals surface area contributed by atoms with Crippen molar-refractivity contribution in [3.05, 3.63) is 40.8 Å². The van der Waals surface area contributed by atoms with Crippen LogP contribution in [0.1, 0.15) is 31.2 Å². The maximum atomic E-state index is 5.68. The second kappa shape index (κ2) is 5.35. The van der Waals surface area contributed by atoms with Crippen molar-refractivity contribution in [2.24, 2.45) is 5.73 Å². The third-order valence-corrected chi connectivity index (χ3v) is 4.31. The highest BCUT2D eigenvalue weighted by molar-refractivity contribution is 7.15. The third-order valence-electron chi connectivity index (χ3n) is 3.15. The summed E-state index contributed by atoms with van der Waals surface area (Å²) in [5.74, 6) is 0.951. The number of hydrogen-bond acceptors (Lipinski definition) is 3. The van der Waals surface area contributed by atoms with Crippen molar-refractivity contribution in [2.45, 2.75) is 32.7 Å². The van der Waals surface area contributed by atoms with Gasteiger partial charge in [0.05, 0.1) is 7.11 Å². The van der Waals surface area contributed by atoms with E-state index in [2.05, 4.69) is 51.1 Å². The number of thiophene rings is 1. The molecule has 2 N–H and O–H groups in total. The quantitative estimate of drug-likeness (QED) is 0.912. The molecular formula is C16H21NOS. The minimum atomic E-state index is 0.0648. The highest BCUT2D eigenvalue weighted by Crippen LogP contribution is 2.36. The largest absolute Gasteiger partial charge is 0.496 e. The molecule has 19 heavy (non-hydrogen) atoms. The second-order valence-corrected chi connectivity index (χ2v) is 6.80. The Hall–Kier alpha value is -1.32. The standard InChI is InChI=1S/C16H21NOS/c1-16(2,3)13-9-11(5-7-14(13)18-4)15-8-6-12(10-17)19-15/h5-9H,10,17H2,1-4H3. The Morgan fingerprint density at radius 2 is 1.89 bits per heavy atom. The molecule has 0 aliphatic rings. The van der Waals surface area contributed by atoms with E-state index in [4.69, 9.17) is 10.5 Å². The van der Waals surface area contributed by atoms with Crippen molar-refractivity contribution in [1.82, 2.24) is 0 Å². The van der Waals surface area contributed by atoms with E-state index in [-0.39, 0.29) is 5.41 Å². The van der Waals surface area contributed by atoms with E-state index >= 15 is 0 Å². The van der Waals surface area contributed by atoms with Gasteiger partial charge in [0.15, 0.2) is 0 Å². The summed E-state index contributed by atoms with van der Waals surface area (Å²) in [4.78, 5) is 2.47. The Kier molecular flexibility index (Phi) is 3.97. The zero-order chi connectivity index (χ0) is 14.0. The third kappa shape index (κ3) is 2.99. The van der Waals surface area contributed by atoms with Crippen LogP contribution in [-0.2, 0) is 12.0 Å². The molecule has 2 nitrogen and oxygen atoms in total. The Balaban J connectivity index is 2.48. The average molecular weight is 275 g/mol. The van der Waals surface area contributed by atoms with E-state index in [1.165, 1.54) is 20.9 Å². The van der Waals surface area contributed by atoms with Crippen molar-refractivity contribution < 1.29 is 4.74 Å². The molecule has 1 heterocycles. The van der Waals surface area contributed by atoms with Crippen LogP contribution in [0.3, 0.4) is 0 Å². The van der Waals surface area contributed by atoms with Crippen molar-refractivity contribution in [3.63, 3.8) is 0 Å². The van der Waals surface area contributed by atoms with Crippen molar-refractivity contribution in [2.75, 3.05) is 7.11 Å². The van der Waals surface area contributed by atoms with Gasteiger partial charge in [0.1, 0.15) is 5.75 Å². The fourth-order valence-corrected chi connectivity index (χ4v) is 2.97. The molecule has 0 aliphatic heterocycles. The Bertz CT molecular complexity index is 566. The first kappa shape index (κ1) is 14.1. The van der Waals surface area contributed by atoms with Crippen LogP contribution in [0, 0.1) is 0 Å². The molecule has 1 aromatic carbocycles. The highest BCUT2D eigenvalue weighted by atomic mass is 32.1. The van der Waals surface area contributed by atoms with E-state index in [1.807, 2.05) is 0 Å². The lowest BCUT2D eigenvalue weighted by atomic mass is 9.85. The first-order chi connectivity index (χ1) is 8.95. The SMILES string of the molecule is COc1ccc(-c2ccc(CN)s2)cc1C(C)(C)C. The van der Waals surface area contributed by atoms with Crippen LogP contribution in [0.15, 0.2) is 30.3 Å². The summed E-state index contributed by atoms with van der Waals surface area (Å²) in [5.41, 5.74) is 8.20. The molecule has 0 amide bonds. The van der Waals surface area contributed by atoms with E-state index in [1.54, 1.807) is 18.4 Å². The van der Waals surface area contributed by atoms with Gasteiger partial charge in [-0.05, 0) is 41.3 Å². The second-order valence-electron chi connectivity index (χ2n) is 5.64. The lowest BCUT2D eigenvalue weighted by Gasteiger charge is -2.22. The Morgan fingerprint density at radius 3 is 2.42 bits per heavy atom. The van der Waals surface area contributed by atoms with Crippen molar-refractivity contribution >= 4 is 11.3 Å². The first-order valence-corrected chi connectivity index (χ1v) is 7.25. The zero-order valence-electron chi connectivity index (χ0n) is 12.0. The highest BCUT2D eigenvalue weighted by Gasteiger charge is 2.19. The van der Waals surface area contributed by atoms with Gasteiger partial charge in [-0.25, -0.2) is 0 Å². The molecule has 2 aromatic rings. The Labute approximate surface area is 119 Å². The molecule has 0 aliphatic carbocycles. The summed E-state index contributed by atoms with van der Waals surface area (Å²) in [6.45, 7) is 7.21. The van der Waals surface area contributed by atoms with Gasteiger partial charge in [0, 0.05) is 21.9 Å². The van der Waals surface area contributed by atoms with Crippen molar-refractivity contribution in [3.8, 4) is 16.2 Å². The summed E-state index contributed by atoms with van der Waals surface area (Å²) < 4.78 is 5.47. The van der Waals surface area contributed by atoms with Crippen LogP contribution in [-0.4, -0.2) is 7.11 Å². The summed E-state index contributed by atoms with van der Waals surface area (Å²) in [7, 11) is 1.72. The molecule has 0 unspecified atom stereocenters. The number of hydrogen-bond donors (Lipinski definition) is 1. The smallest absolute Gasteiger partial charge is 0.122 e. The molecule has 0 radical (unpaired) electrons. The van der Waals surface area contributed by atoms with Crippen LogP contribution >= 0.6 is 11.3 Å². The summed E-state index contributed by atoms with van der Waals surface area (Å²) >= 11 is 1.75. The minimum absolute atomic E-state index is 0.0648. The van der Waals surface area contributed by atoms with Gasteiger partial charge in [-0.15, -0.1) is 11.3 Å². The average Bonchev–Trinajstić information content (AvgIpc) is 2.85. The maximum Gasteiger partial charge on any atom is 0.122 e. The fourth-order valence-electron chi connectivity index (χ4n) is 2.09. The van der Waals surface area contributed by atoms with Gasteiger partial charge in [0.2, 0.25) is 0 Å². The molecule has 2 rings (SSSR count). The number of nitrogens with two attached hydrogens (primary N) is 1. The van der Waals surface area contributed by atoms with Crippen LogP contribution in [0.5, 0.6) is 5.75 Å². The van der Waals surface area contributed by atoms with E-state index in [0.717, 1.165) is 5.75 Å². The molecule has 0 saturated heterocycles. The van der Waals surface area contributed by atoms with E-state index in [9.17, 15) is 0 Å². The molecule has 3 heteroatoms. The molecule has 0 fully saturated rings. The molecule has 0 saturated carbocycles. The first-order valence-electron chi connectivity index (χ1n) is 6.43. The van der Waals surface area contributed by atoms with Gasteiger partial charge >= 0.3 is 0 Å². The van der Waals surface area contributed by atoms with E-state index < -0.39 is 0 Å². The minimum Gasteiger partial charge on any atom is -0.496 e. The summed E-state index contributed by atoms with van der Waals surface area (Å²) in [6.07, 6.45) is 0. The molecule has 0 atom stereocenters. The molecule has 1 aromatic heterocycles. The summed E-state index contributed by atoms with van der Waals surface area (Å²) in [6, 6.07) is 10.6.